The van der Waals surface area contributed by atoms with Crippen LogP contribution in [0, 0.1) is 0 Å². The van der Waals surface area contributed by atoms with E-state index in [1.54, 1.807) is 6.20 Å². The standard InChI is InChI=1S/C15H16BrClN4/c16-11-9-12(17)15(19-10-11)21-7-5-20(6-8-21)14-4-2-1-3-13(14)18/h1-4,9-10H,5-8,18H2. The first kappa shape index (κ1) is 14.5. The van der Waals surface area contributed by atoms with Crippen LogP contribution in [-0.4, -0.2) is 31.2 Å². The van der Waals surface area contributed by atoms with Crippen LogP contribution in [0.4, 0.5) is 17.2 Å². The van der Waals surface area contributed by atoms with Crippen molar-refractivity contribution >= 4 is 44.7 Å². The van der Waals surface area contributed by atoms with E-state index < -0.39 is 0 Å². The summed E-state index contributed by atoms with van der Waals surface area (Å²) < 4.78 is 0.895. The van der Waals surface area contributed by atoms with Crippen molar-refractivity contribution in [3.63, 3.8) is 0 Å². The highest BCUT2D eigenvalue weighted by Gasteiger charge is 2.21. The number of hydrogen-bond donors (Lipinski definition) is 1. The van der Waals surface area contributed by atoms with Gasteiger partial charge in [-0.2, -0.15) is 0 Å². The first-order valence-electron chi connectivity index (χ1n) is 6.80. The second kappa shape index (κ2) is 6.12. The van der Waals surface area contributed by atoms with Crippen LogP contribution in [0.1, 0.15) is 0 Å². The smallest absolute Gasteiger partial charge is 0.147 e. The molecule has 3 rings (SSSR count). The molecule has 2 heterocycles. The van der Waals surface area contributed by atoms with Crippen LogP contribution in [0.5, 0.6) is 0 Å². The number of halogens is 2. The van der Waals surface area contributed by atoms with E-state index in [0.29, 0.717) is 5.02 Å². The first-order chi connectivity index (χ1) is 10.1. The van der Waals surface area contributed by atoms with Crippen LogP contribution in [-0.2, 0) is 0 Å². The van der Waals surface area contributed by atoms with E-state index in [0.717, 1.165) is 47.8 Å². The van der Waals surface area contributed by atoms with E-state index in [-0.39, 0.29) is 0 Å². The van der Waals surface area contributed by atoms with Gasteiger partial charge in [0.1, 0.15) is 5.82 Å². The fourth-order valence-corrected chi connectivity index (χ4v) is 3.32. The molecule has 1 aliphatic heterocycles. The van der Waals surface area contributed by atoms with Crippen LogP contribution in [0.2, 0.25) is 5.02 Å². The van der Waals surface area contributed by atoms with Gasteiger partial charge in [0.15, 0.2) is 0 Å². The molecule has 110 valence electrons. The molecule has 0 amide bonds. The molecule has 1 aliphatic rings. The third kappa shape index (κ3) is 3.09. The van der Waals surface area contributed by atoms with Crippen LogP contribution in [0.15, 0.2) is 41.0 Å². The number of hydrogen-bond acceptors (Lipinski definition) is 4. The molecule has 0 spiro atoms. The Morgan fingerprint density at radius 2 is 1.76 bits per heavy atom. The third-order valence-electron chi connectivity index (χ3n) is 3.65. The highest BCUT2D eigenvalue weighted by atomic mass is 79.9. The van der Waals surface area contributed by atoms with E-state index >= 15 is 0 Å². The van der Waals surface area contributed by atoms with Gasteiger partial charge in [0, 0.05) is 36.8 Å². The van der Waals surface area contributed by atoms with E-state index in [1.807, 2.05) is 24.3 Å². The van der Waals surface area contributed by atoms with Crippen molar-refractivity contribution in [2.24, 2.45) is 0 Å². The minimum absolute atomic E-state index is 0.678. The second-order valence-electron chi connectivity index (χ2n) is 4.99. The van der Waals surface area contributed by atoms with Crippen LogP contribution < -0.4 is 15.5 Å². The summed E-state index contributed by atoms with van der Waals surface area (Å²) in [6, 6.07) is 9.86. The number of pyridine rings is 1. The molecule has 1 fully saturated rings. The van der Waals surface area contributed by atoms with Crippen LogP contribution in [0.3, 0.4) is 0 Å². The van der Waals surface area contributed by atoms with E-state index in [9.17, 15) is 0 Å². The molecule has 21 heavy (non-hydrogen) atoms. The summed E-state index contributed by atoms with van der Waals surface area (Å²) in [6.07, 6.45) is 1.78. The predicted octanol–water partition coefficient (Wildman–Crippen LogP) is 3.41. The molecule has 0 saturated carbocycles. The normalized spacial score (nSPS) is 15.3. The highest BCUT2D eigenvalue weighted by molar-refractivity contribution is 9.10. The van der Waals surface area contributed by atoms with Crippen molar-refractivity contribution in [3.05, 3.63) is 46.0 Å². The Morgan fingerprint density at radius 3 is 2.43 bits per heavy atom. The molecule has 1 aromatic carbocycles. The SMILES string of the molecule is Nc1ccccc1N1CCN(c2ncc(Br)cc2Cl)CC1. The number of piperazine rings is 1. The Bertz CT molecular complexity index is 641. The fraction of sp³-hybridized carbons (Fsp3) is 0.267. The zero-order valence-corrected chi connectivity index (χ0v) is 13.8. The number of nitrogens with zero attached hydrogens (tertiary/aromatic N) is 3. The van der Waals surface area contributed by atoms with Crippen LogP contribution >= 0.6 is 27.5 Å². The van der Waals surface area contributed by atoms with Crippen molar-refractivity contribution in [1.82, 2.24) is 4.98 Å². The Labute approximate surface area is 137 Å². The zero-order chi connectivity index (χ0) is 14.8. The van der Waals surface area contributed by atoms with Crippen LogP contribution in [0.25, 0.3) is 0 Å². The van der Waals surface area contributed by atoms with Crippen molar-refractivity contribution in [3.8, 4) is 0 Å². The van der Waals surface area contributed by atoms with E-state index in [4.69, 9.17) is 17.3 Å². The monoisotopic (exact) mass is 366 g/mol. The summed E-state index contributed by atoms with van der Waals surface area (Å²) in [5.41, 5.74) is 7.97. The lowest BCUT2D eigenvalue weighted by molar-refractivity contribution is 0.648. The number of nitrogen functional groups attached to an aromatic ring is 1. The molecule has 0 aliphatic carbocycles. The molecule has 2 aromatic rings. The minimum atomic E-state index is 0.678. The summed E-state index contributed by atoms with van der Waals surface area (Å²) in [6.45, 7) is 3.57. The minimum Gasteiger partial charge on any atom is -0.397 e. The largest absolute Gasteiger partial charge is 0.397 e. The van der Waals surface area contributed by atoms with Gasteiger partial charge in [0.25, 0.3) is 0 Å². The van der Waals surface area contributed by atoms with Gasteiger partial charge in [0.05, 0.1) is 16.4 Å². The molecule has 0 atom stereocenters. The van der Waals surface area contributed by atoms with Crippen molar-refractivity contribution in [2.45, 2.75) is 0 Å². The van der Waals surface area contributed by atoms with Gasteiger partial charge >= 0.3 is 0 Å². The lowest BCUT2D eigenvalue weighted by Gasteiger charge is -2.37. The Kier molecular flexibility index (Phi) is 4.22. The molecule has 0 unspecified atom stereocenters. The molecule has 4 nitrogen and oxygen atoms in total. The number of anilines is 3. The molecule has 6 heteroatoms. The van der Waals surface area contributed by atoms with Gasteiger partial charge in [-0.1, -0.05) is 23.7 Å². The maximum Gasteiger partial charge on any atom is 0.147 e. The summed E-state index contributed by atoms with van der Waals surface area (Å²) in [5, 5.41) is 0.678. The Morgan fingerprint density at radius 1 is 1.10 bits per heavy atom. The first-order valence-corrected chi connectivity index (χ1v) is 7.97. The predicted molar refractivity (Wildman–Crippen MR) is 92.2 cm³/mol. The summed E-state index contributed by atoms with van der Waals surface area (Å²) >= 11 is 9.65. The molecule has 0 bridgehead atoms. The Balaban J connectivity index is 1.72. The highest BCUT2D eigenvalue weighted by Crippen LogP contribution is 2.29. The number of para-hydroxylation sites is 2. The van der Waals surface area contributed by atoms with Crippen molar-refractivity contribution < 1.29 is 0 Å². The van der Waals surface area contributed by atoms with Gasteiger partial charge in [0.2, 0.25) is 0 Å². The average Bonchev–Trinajstić information content (AvgIpc) is 2.48. The second-order valence-corrected chi connectivity index (χ2v) is 6.31. The zero-order valence-electron chi connectivity index (χ0n) is 11.5. The van der Waals surface area contributed by atoms with Gasteiger partial charge in [-0.25, -0.2) is 4.98 Å². The van der Waals surface area contributed by atoms with E-state index in [2.05, 4.69) is 36.8 Å². The summed E-state index contributed by atoms with van der Waals surface area (Å²) in [4.78, 5) is 8.94. The van der Waals surface area contributed by atoms with E-state index in [1.165, 1.54) is 0 Å². The Hall–Kier alpha value is -1.46. The number of nitrogens with two attached hydrogens (primary N) is 1. The lowest BCUT2D eigenvalue weighted by Crippen LogP contribution is -2.47. The molecule has 1 aromatic heterocycles. The van der Waals surface area contributed by atoms with Gasteiger partial charge < -0.3 is 15.5 Å². The summed E-state index contributed by atoms with van der Waals surface area (Å²) in [7, 11) is 0. The molecule has 0 radical (unpaired) electrons. The average molecular weight is 368 g/mol. The van der Waals surface area contributed by atoms with Crippen molar-refractivity contribution in [2.75, 3.05) is 41.7 Å². The van der Waals surface area contributed by atoms with Crippen molar-refractivity contribution in [1.29, 1.82) is 0 Å². The number of rotatable bonds is 2. The lowest BCUT2D eigenvalue weighted by atomic mass is 10.2. The molecule has 2 N–H and O–H groups in total. The topological polar surface area (TPSA) is 45.4 Å². The fourth-order valence-electron chi connectivity index (χ4n) is 2.57. The maximum atomic E-state index is 6.27. The summed E-state index contributed by atoms with van der Waals surface area (Å²) in [5.74, 6) is 0.848. The third-order valence-corrected chi connectivity index (χ3v) is 4.36. The molecular formula is C15H16BrClN4. The number of benzene rings is 1. The number of aromatic nitrogens is 1. The van der Waals surface area contributed by atoms with Gasteiger partial charge in [-0.05, 0) is 34.1 Å². The maximum absolute atomic E-state index is 6.27. The van der Waals surface area contributed by atoms with Gasteiger partial charge in [-0.15, -0.1) is 0 Å². The molecule has 1 saturated heterocycles. The quantitative estimate of drug-likeness (QED) is 0.826. The van der Waals surface area contributed by atoms with Gasteiger partial charge in [-0.3, -0.25) is 0 Å². The molecular weight excluding hydrogens is 352 g/mol.